The lowest BCUT2D eigenvalue weighted by atomic mass is 10.1. The Hall–Kier alpha value is -4.35. The summed E-state index contributed by atoms with van der Waals surface area (Å²) in [5, 5.41) is 5.57. The van der Waals surface area contributed by atoms with Crippen LogP contribution in [-0.4, -0.2) is 56.1 Å². The van der Waals surface area contributed by atoms with Crippen molar-refractivity contribution >= 4 is 16.6 Å². The third-order valence-corrected chi connectivity index (χ3v) is 6.27. The zero-order chi connectivity index (χ0) is 24.6. The van der Waals surface area contributed by atoms with Gasteiger partial charge in [-0.15, -0.1) is 6.42 Å². The highest BCUT2D eigenvalue weighted by Crippen LogP contribution is 2.46. The van der Waals surface area contributed by atoms with E-state index in [0.29, 0.717) is 37.0 Å². The lowest BCUT2D eigenvalue weighted by Gasteiger charge is -2.19. The molecule has 1 aliphatic carbocycles. The van der Waals surface area contributed by atoms with Gasteiger partial charge in [0.25, 0.3) is 0 Å². The van der Waals surface area contributed by atoms with Crippen LogP contribution in [0.1, 0.15) is 22.8 Å². The average Bonchev–Trinajstić information content (AvgIpc) is 3.60. The van der Waals surface area contributed by atoms with Crippen molar-refractivity contribution in [2.24, 2.45) is 5.16 Å². The molecule has 2 aromatic carbocycles. The van der Waals surface area contributed by atoms with Gasteiger partial charge in [-0.2, -0.15) is 0 Å². The van der Waals surface area contributed by atoms with E-state index >= 15 is 0 Å². The Morgan fingerprint density at radius 2 is 1.92 bits per heavy atom. The average molecular weight is 484 g/mol. The van der Waals surface area contributed by atoms with Crippen LogP contribution in [0.5, 0.6) is 17.2 Å². The van der Waals surface area contributed by atoms with Gasteiger partial charge in [0.05, 0.1) is 18.2 Å². The number of hydrogen-bond acceptors (Lipinski definition) is 7. The maximum atomic E-state index is 6.01. The highest BCUT2D eigenvalue weighted by Gasteiger charge is 2.33. The van der Waals surface area contributed by atoms with Crippen LogP contribution in [-0.2, 0) is 4.84 Å². The van der Waals surface area contributed by atoms with Crippen LogP contribution in [0.3, 0.4) is 0 Å². The first-order valence-corrected chi connectivity index (χ1v) is 11.7. The minimum atomic E-state index is -0.684. The number of fused-ring (bicyclic) bond motifs is 6. The Morgan fingerprint density at radius 3 is 2.64 bits per heavy atom. The summed E-state index contributed by atoms with van der Waals surface area (Å²) in [5.74, 6) is 4.80. The van der Waals surface area contributed by atoms with Gasteiger partial charge in [0, 0.05) is 39.7 Å². The van der Waals surface area contributed by atoms with Crippen molar-refractivity contribution in [1.82, 2.24) is 9.88 Å². The molecule has 0 saturated heterocycles. The minimum Gasteiger partial charge on any atom is -0.492 e. The first-order valence-electron chi connectivity index (χ1n) is 11.7. The number of likely N-dealkylation sites (N-methyl/N-ethyl adjacent to an activating group) is 1. The topological polar surface area (TPSA) is 81.5 Å². The Balaban J connectivity index is 1.45. The van der Waals surface area contributed by atoms with Gasteiger partial charge in [0.1, 0.15) is 31.3 Å². The Morgan fingerprint density at radius 1 is 1.11 bits per heavy atom. The SMILES string of the molecule is C#CC(ON=C1c2cc3c(cc2-c2[nH]c4ccc(OCCN(C)C)cc4c21)OCCO3)c1ccoc1. The van der Waals surface area contributed by atoms with Crippen LogP contribution >= 0.6 is 0 Å². The molecule has 6 rings (SSSR count). The molecule has 0 saturated carbocycles. The van der Waals surface area contributed by atoms with E-state index in [-0.39, 0.29) is 0 Å². The van der Waals surface area contributed by atoms with Crippen molar-refractivity contribution in [1.29, 1.82) is 0 Å². The molecule has 0 spiro atoms. The van der Waals surface area contributed by atoms with Crippen molar-refractivity contribution in [2.45, 2.75) is 6.10 Å². The molecule has 8 nitrogen and oxygen atoms in total. The third-order valence-electron chi connectivity index (χ3n) is 6.27. The summed E-state index contributed by atoms with van der Waals surface area (Å²) in [4.78, 5) is 11.5. The largest absolute Gasteiger partial charge is 0.492 e. The van der Waals surface area contributed by atoms with E-state index in [4.69, 9.17) is 29.9 Å². The molecule has 1 aliphatic heterocycles. The summed E-state index contributed by atoms with van der Waals surface area (Å²) in [7, 11) is 4.04. The summed E-state index contributed by atoms with van der Waals surface area (Å²) in [6.45, 7) is 2.42. The van der Waals surface area contributed by atoms with Gasteiger partial charge in [-0.3, -0.25) is 0 Å². The van der Waals surface area contributed by atoms with E-state index in [1.54, 1.807) is 18.6 Å². The molecule has 4 aromatic rings. The predicted molar refractivity (Wildman–Crippen MR) is 136 cm³/mol. The number of nitrogens with one attached hydrogen (secondary N) is 1. The number of furan rings is 1. The summed E-state index contributed by atoms with van der Waals surface area (Å²) < 4.78 is 22.9. The van der Waals surface area contributed by atoms with Crippen molar-refractivity contribution in [3.63, 3.8) is 0 Å². The van der Waals surface area contributed by atoms with Gasteiger partial charge in [0.2, 0.25) is 6.10 Å². The summed E-state index contributed by atoms with van der Waals surface area (Å²) in [5.41, 5.74) is 6.05. The molecule has 36 heavy (non-hydrogen) atoms. The number of oxime groups is 1. The number of aromatic amines is 1. The number of nitrogens with zero attached hydrogens (tertiary/aromatic N) is 2. The molecule has 2 aliphatic rings. The second kappa shape index (κ2) is 9.02. The van der Waals surface area contributed by atoms with Crippen LogP contribution in [0.15, 0.2) is 58.5 Å². The maximum absolute atomic E-state index is 6.01. The van der Waals surface area contributed by atoms with Gasteiger partial charge >= 0.3 is 0 Å². The fraction of sp³-hybridized carbons (Fsp3) is 0.250. The molecule has 3 heterocycles. The smallest absolute Gasteiger partial charge is 0.215 e. The van der Waals surface area contributed by atoms with Gasteiger partial charge in [-0.1, -0.05) is 11.1 Å². The monoisotopic (exact) mass is 483 g/mol. The van der Waals surface area contributed by atoms with Crippen LogP contribution in [0.2, 0.25) is 0 Å². The minimum absolute atomic E-state index is 0.496. The maximum Gasteiger partial charge on any atom is 0.215 e. The number of ether oxygens (including phenoxy) is 3. The standard InChI is InChI=1S/C28H25N3O5/c1-4-23(17-7-9-32-16-17)36-30-28-20-15-25-24(34-11-12-35-25)14-19(20)27-26(28)21-13-18(5-6-22(21)29-27)33-10-8-31(2)3/h1,5-7,9,13-16,23,29H,8,10-12H2,2-3H3. The number of aromatic nitrogens is 1. The molecule has 0 amide bonds. The highest BCUT2D eigenvalue weighted by atomic mass is 16.6. The van der Waals surface area contributed by atoms with Crippen molar-refractivity contribution in [3.05, 3.63) is 65.6 Å². The number of terminal acetylenes is 1. The lowest BCUT2D eigenvalue weighted by Crippen LogP contribution is -2.19. The second-order valence-corrected chi connectivity index (χ2v) is 8.92. The molecule has 1 unspecified atom stereocenters. The summed E-state index contributed by atoms with van der Waals surface area (Å²) in [6, 6.07) is 11.7. The van der Waals surface area contributed by atoms with Crippen molar-refractivity contribution < 1.29 is 23.5 Å². The first kappa shape index (κ1) is 22.1. The molecule has 1 atom stereocenters. The first-order chi connectivity index (χ1) is 17.6. The van der Waals surface area contributed by atoms with Crippen LogP contribution < -0.4 is 14.2 Å². The van der Waals surface area contributed by atoms with Crippen LogP contribution in [0.25, 0.3) is 22.2 Å². The Labute approximate surface area is 208 Å². The van der Waals surface area contributed by atoms with Crippen molar-refractivity contribution in [3.8, 4) is 40.8 Å². The number of benzene rings is 2. The fourth-order valence-electron chi connectivity index (χ4n) is 4.49. The quantitative estimate of drug-likeness (QED) is 0.269. The van der Waals surface area contributed by atoms with E-state index in [2.05, 4.69) is 21.0 Å². The van der Waals surface area contributed by atoms with E-state index < -0.39 is 6.10 Å². The third kappa shape index (κ3) is 3.84. The molecule has 0 fully saturated rings. The van der Waals surface area contributed by atoms with E-state index in [9.17, 15) is 0 Å². The fourth-order valence-corrected chi connectivity index (χ4v) is 4.49. The Kier molecular flexibility index (Phi) is 5.55. The molecule has 0 radical (unpaired) electrons. The molecular formula is C28H25N3O5. The van der Waals surface area contributed by atoms with E-state index in [1.165, 1.54) is 0 Å². The molecule has 2 aromatic heterocycles. The predicted octanol–water partition coefficient (Wildman–Crippen LogP) is 4.60. The van der Waals surface area contributed by atoms with Crippen LogP contribution in [0.4, 0.5) is 0 Å². The Bertz CT molecular complexity index is 1490. The van der Waals surface area contributed by atoms with Crippen LogP contribution in [0, 0.1) is 12.3 Å². The molecular weight excluding hydrogens is 458 g/mol. The van der Waals surface area contributed by atoms with E-state index in [1.807, 2.05) is 44.4 Å². The highest BCUT2D eigenvalue weighted by molar-refractivity contribution is 6.30. The molecule has 8 heteroatoms. The zero-order valence-electron chi connectivity index (χ0n) is 20.0. The van der Waals surface area contributed by atoms with Crippen molar-refractivity contribution in [2.75, 3.05) is 40.5 Å². The zero-order valence-corrected chi connectivity index (χ0v) is 20.0. The van der Waals surface area contributed by atoms with Gasteiger partial charge in [-0.05, 0) is 50.5 Å². The van der Waals surface area contributed by atoms with Gasteiger partial charge < -0.3 is 33.3 Å². The second-order valence-electron chi connectivity index (χ2n) is 8.92. The van der Waals surface area contributed by atoms with Gasteiger partial charge in [0.15, 0.2) is 11.5 Å². The number of hydrogen-bond donors (Lipinski definition) is 1. The number of rotatable bonds is 7. The molecule has 182 valence electrons. The lowest BCUT2D eigenvalue weighted by molar-refractivity contribution is 0.0996. The normalized spacial score (nSPS) is 15.6. The summed E-state index contributed by atoms with van der Waals surface area (Å²) >= 11 is 0. The summed E-state index contributed by atoms with van der Waals surface area (Å²) in [6.07, 6.45) is 8.17. The molecule has 0 bridgehead atoms. The van der Waals surface area contributed by atoms with Gasteiger partial charge in [-0.25, -0.2) is 0 Å². The van der Waals surface area contributed by atoms with E-state index in [0.717, 1.165) is 51.1 Å². The number of H-pyrrole nitrogens is 1. The molecule has 1 N–H and O–H groups in total.